The van der Waals surface area contributed by atoms with E-state index in [1.165, 1.54) is 0 Å². The van der Waals surface area contributed by atoms with Crippen molar-refractivity contribution in [1.29, 1.82) is 0 Å². The molecule has 0 saturated carbocycles. The monoisotopic (exact) mass is 292 g/mol. The van der Waals surface area contributed by atoms with E-state index >= 15 is 0 Å². The van der Waals surface area contributed by atoms with Crippen molar-refractivity contribution in [1.82, 2.24) is 20.2 Å². The Bertz CT molecular complexity index is 732. The molecule has 1 N–H and O–H groups in total. The molecule has 0 radical (unpaired) electrons. The molecular formula is C17H16N4O. The van der Waals surface area contributed by atoms with E-state index in [0.29, 0.717) is 6.42 Å². The number of nitrogens with zero attached hydrogens (tertiary/aromatic N) is 4. The molecule has 0 aliphatic rings. The molecule has 0 unspecified atom stereocenters. The van der Waals surface area contributed by atoms with Crippen LogP contribution in [0.2, 0.25) is 0 Å². The lowest BCUT2D eigenvalue weighted by atomic mass is 10.0. The quantitative estimate of drug-likeness (QED) is 0.782. The van der Waals surface area contributed by atoms with Gasteiger partial charge >= 0.3 is 0 Å². The number of aromatic nitrogens is 4. The summed E-state index contributed by atoms with van der Waals surface area (Å²) in [6.07, 6.45) is 4.86. The number of hydrogen-bond donors (Lipinski definition) is 1. The molecule has 3 aromatic rings. The Morgan fingerprint density at radius 2 is 1.55 bits per heavy atom. The van der Waals surface area contributed by atoms with Gasteiger partial charge in [-0.1, -0.05) is 12.1 Å². The van der Waals surface area contributed by atoms with Gasteiger partial charge in [-0.15, -0.1) is 10.2 Å². The molecule has 0 aliphatic carbocycles. The number of hydrogen-bond acceptors (Lipinski definition) is 5. The molecule has 5 nitrogen and oxygen atoms in total. The lowest BCUT2D eigenvalue weighted by Crippen LogP contribution is -2.01. The van der Waals surface area contributed by atoms with Crippen LogP contribution in [0.15, 0.2) is 54.9 Å². The van der Waals surface area contributed by atoms with Crippen LogP contribution in [0.25, 0.3) is 22.8 Å². The van der Waals surface area contributed by atoms with Gasteiger partial charge in [-0.05, 0) is 48.7 Å². The molecule has 3 aromatic heterocycles. The minimum Gasteiger partial charge on any atom is -0.396 e. The van der Waals surface area contributed by atoms with Gasteiger partial charge < -0.3 is 5.11 Å². The summed E-state index contributed by atoms with van der Waals surface area (Å²) in [7, 11) is 0. The third kappa shape index (κ3) is 3.15. The fourth-order valence-electron chi connectivity index (χ4n) is 2.25. The summed E-state index contributed by atoms with van der Waals surface area (Å²) in [5, 5.41) is 17.7. The maximum Gasteiger partial charge on any atom is 0.115 e. The first-order valence-electron chi connectivity index (χ1n) is 7.19. The molecule has 0 saturated heterocycles. The highest BCUT2D eigenvalue weighted by molar-refractivity contribution is 5.63. The standard InChI is InChI=1S/C17H16N4O/c22-11-5-6-13-12-16(14-7-1-3-9-18-14)20-21-17(13)15-8-2-4-10-19-15/h1-4,7-10,12,22H,5-6,11H2. The highest BCUT2D eigenvalue weighted by Gasteiger charge is 2.12. The zero-order valence-electron chi connectivity index (χ0n) is 12.1. The van der Waals surface area contributed by atoms with Gasteiger partial charge in [0.15, 0.2) is 0 Å². The molecule has 3 rings (SSSR count). The highest BCUT2D eigenvalue weighted by Crippen LogP contribution is 2.23. The lowest BCUT2D eigenvalue weighted by molar-refractivity contribution is 0.288. The number of rotatable bonds is 5. The Morgan fingerprint density at radius 3 is 2.18 bits per heavy atom. The van der Waals surface area contributed by atoms with E-state index < -0.39 is 0 Å². The van der Waals surface area contributed by atoms with E-state index in [4.69, 9.17) is 5.11 Å². The van der Waals surface area contributed by atoms with Crippen molar-refractivity contribution >= 4 is 0 Å². The van der Waals surface area contributed by atoms with Crippen molar-refractivity contribution in [3.63, 3.8) is 0 Å². The maximum atomic E-state index is 9.11. The Hall–Kier alpha value is -2.66. The predicted molar refractivity (Wildman–Crippen MR) is 83.9 cm³/mol. The number of pyridine rings is 2. The van der Waals surface area contributed by atoms with Crippen LogP contribution < -0.4 is 0 Å². The van der Waals surface area contributed by atoms with Crippen LogP contribution in [0.1, 0.15) is 12.0 Å². The van der Waals surface area contributed by atoms with E-state index in [2.05, 4.69) is 20.2 Å². The van der Waals surface area contributed by atoms with Crippen molar-refractivity contribution in [3.05, 3.63) is 60.4 Å². The molecule has 0 spiro atoms. The lowest BCUT2D eigenvalue weighted by Gasteiger charge is -2.09. The molecular weight excluding hydrogens is 276 g/mol. The van der Waals surface area contributed by atoms with E-state index in [1.54, 1.807) is 12.4 Å². The number of aliphatic hydroxyl groups is 1. The van der Waals surface area contributed by atoms with Gasteiger partial charge in [0.2, 0.25) is 0 Å². The van der Waals surface area contributed by atoms with E-state index in [-0.39, 0.29) is 6.61 Å². The van der Waals surface area contributed by atoms with Crippen LogP contribution in [0.5, 0.6) is 0 Å². The summed E-state index contributed by atoms with van der Waals surface area (Å²) < 4.78 is 0. The Labute approximate surface area is 128 Å². The van der Waals surface area contributed by atoms with Crippen LogP contribution in [-0.4, -0.2) is 31.9 Å². The zero-order chi connectivity index (χ0) is 15.2. The van der Waals surface area contributed by atoms with Gasteiger partial charge in [-0.2, -0.15) is 0 Å². The van der Waals surface area contributed by atoms with Gasteiger partial charge in [0, 0.05) is 19.0 Å². The topological polar surface area (TPSA) is 71.8 Å². The van der Waals surface area contributed by atoms with Crippen LogP contribution in [-0.2, 0) is 6.42 Å². The molecule has 0 aliphatic heterocycles. The first-order chi connectivity index (χ1) is 10.9. The second kappa shape index (κ2) is 6.87. The fraction of sp³-hybridized carbons (Fsp3) is 0.176. The summed E-state index contributed by atoms with van der Waals surface area (Å²) in [5.41, 5.74) is 4.08. The molecule has 3 heterocycles. The molecule has 0 amide bonds. The first-order valence-corrected chi connectivity index (χ1v) is 7.19. The third-order valence-corrected chi connectivity index (χ3v) is 3.31. The van der Waals surface area contributed by atoms with Crippen molar-refractivity contribution in [2.24, 2.45) is 0 Å². The van der Waals surface area contributed by atoms with Gasteiger partial charge in [0.05, 0.1) is 11.4 Å². The summed E-state index contributed by atoms with van der Waals surface area (Å²) in [6, 6.07) is 13.4. The van der Waals surface area contributed by atoms with E-state index in [0.717, 1.165) is 34.8 Å². The summed E-state index contributed by atoms with van der Waals surface area (Å²) in [6.45, 7) is 0.142. The third-order valence-electron chi connectivity index (χ3n) is 3.31. The summed E-state index contributed by atoms with van der Waals surface area (Å²) in [4.78, 5) is 8.64. The van der Waals surface area contributed by atoms with Gasteiger partial charge in [-0.3, -0.25) is 9.97 Å². The molecule has 0 aromatic carbocycles. The average Bonchev–Trinajstić information content (AvgIpc) is 2.61. The Balaban J connectivity index is 2.04. The zero-order valence-corrected chi connectivity index (χ0v) is 12.1. The van der Waals surface area contributed by atoms with Crippen LogP contribution >= 0.6 is 0 Å². The van der Waals surface area contributed by atoms with Crippen LogP contribution in [0.3, 0.4) is 0 Å². The molecule has 0 atom stereocenters. The first kappa shape index (κ1) is 14.3. The summed E-state index contributed by atoms with van der Waals surface area (Å²) >= 11 is 0. The second-order valence-electron chi connectivity index (χ2n) is 4.86. The minimum atomic E-state index is 0.142. The highest BCUT2D eigenvalue weighted by atomic mass is 16.2. The predicted octanol–water partition coefficient (Wildman–Crippen LogP) is 2.53. The maximum absolute atomic E-state index is 9.11. The smallest absolute Gasteiger partial charge is 0.115 e. The van der Waals surface area contributed by atoms with Crippen LogP contribution in [0, 0.1) is 0 Å². The number of aliphatic hydroxyl groups excluding tert-OH is 1. The van der Waals surface area contributed by atoms with Crippen molar-refractivity contribution in [2.75, 3.05) is 6.61 Å². The molecule has 0 fully saturated rings. The van der Waals surface area contributed by atoms with Gasteiger partial charge in [0.1, 0.15) is 11.4 Å². The van der Waals surface area contributed by atoms with Crippen molar-refractivity contribution in [3.8, 4) is 22.8 Å². The van der Waals surface area contributed by atoms with E-state index in [9.17, 15) is 0 Å². The Morgan fingerprint density at radius 1 is 0.818 bits per heavy atom. The van der Waals surface area contributed by atoms with Gasteiger partial charge in [0.25, 0.3) is 0 Å². The summed E-state index contributed by atoms with van der Waals surface area (Å²) in [5.74, 6) is 0. The fourth-order valence-corrected chi connectivity index (χ4v) is 2.25. The average molecular weight is 292 g/mol. The van der Waals surface area contributed by atoms with Gasteiger partial charge in [-0.25, -0.2) is 0 Å². The molecule has 22 heavy (non-hydrogen) atoms. The SMILES string of the molecule is OCCCc1cc(-c2ccccn2)nnc1-c1ccccn1. The van der Waals surface area contributed by atoms with Crippen LogP contribution in [0.4, 0.5) is 0 Å². The molecule has 0 bridgehead atoms. The molecule has 110 valence electrons. The number of aryl methyl sites for hydroxylation is 1. The Kier molecular flexibility index (Phi) is 4.46. The normalized spacial score (nSPS) is 10.6. The van der Waals surface area contributed by atoms with E-state index in [1.807, 2.05) is 42.5 Å². The van der Waals surface area contributed by atoms with Crippen molar-refractivity contribution < 1.29 is 5.11 Å². The second-order valence-corrected chi connectivity index (χ2v) is 4.86. The molecule has 5 heteroatoms. The van der Waals surface area contributed by atoms with Crippen molar-refractivity contribution in [2.45, 2.75) is 12.8 Å². The largest absolute Gasteiger partial charge is 0.396 e. The minimum absolute atomic E-state index is 0.142.